The maximum absolute atomic E-state index is 11.3. The highest BCUT2D eigenvalue weighted by Gasteiger charge is 2.20. The number of fused-ring (bicyclic) bond motifs is 1. The molecule has 0 aliphatic carbocycles. The molecule has 1 unspecified atom stereocenters. The number of para-hydroxylation sites is 1. The average molecular weight is 275 g/mol. The minimum absolute atomic E-state index is 0.0630. The van der Waals surface area contributed by atoms with Gasteiger partial charge < -0.3 is 19.3 Å². The number of carboxylic acid groups (broad SMARTS) is 1. The third-order valence-electron chi connectivity index (χ3n) is 3.61. The number of carbonyl (C=O) groups is 1. The van der Waals surface area contributed by atoms with Crippen molar-refractivity contribution in [2.24, 2.45) is 0 Å². The summed E-state index contributed by atoms with van der Waals surface area (Å²) < 4.78 is 7.61. The van der Waals surface area contributed by atoms with Gasteiger partial charge in [-0.2, -0.15) is 0 Å². The van der Waals surface area contributed by atoms with Crippen molar-refractivity contribution >= 4 is 17.0 Å². The number of morpholine rings is 1. The number of rotatable bonds is 3. The van der Waals surface area contributed by atoms with E-state index >= 15 is 0 Å². The lowest BCUT2D eigenvalue weighted by molar-refractivity contribution is -0.0269. The van der Waals surface area contributed by atoms with Crippen LogP contribution in [0.2, 0.25) is 0 Å². The van der Waals surface area contributed by atoms with Crippen molar-refractivity contribution < 1.29 is 14.6 Å². The summed E-state index contributed by atoms with van der Waals surface area (Å²) in [4.78, 5) is 17.8. The number of nitrogens with zero attached hydrogens (tertiary/aromatic N) is 3. The van der Waals surface area contributed by atoms with Gasteiger partial charge in [-0.3, -0.25) is 0 Å². The molecular formula is C14H17N3O3. The smallest absolute Gasteiger partial charge is 0.337 e. The van der Waals surface area contributed by atoms with Gasteiger partial charge in [0.1, 0.15) is 0 Å². The van der Waals surface area contributed by atoms with Crippen molar-refractivity contribution in [1.29, 1.82) is 0 Å². The maximum atomic E-state index is 11.3. The Bertz CT molecular complexity index is 638. The van der Waals surface area contributed by atoms with Crippen molar-refractivity contribution in [1.82, 2.24) is 14.5 Å². The maximum Gasteiger partial charge on any atom is 0.337 e. The fourth-order valence-corrected chi connectivity index (χ4v) is 2.63. The summed E-state index contributed by atoms with van der Waals surface area (Å²) in [6, 6.07) is 5.15. The second-order valence-electron chi connectivity index (χ2n) is 5.13. The Morgan fingerprint density at radius 3 is 3.15 bits per heavy atom. The number of ether oxygens (including phenoxy) is 1. The predicted octanol–water partition coefficient (Wildman–Crippen LogP) is 1.07. The lowest BCUT2D eigenvalue weighted by atomic mass is 10.2. The molecule has 0 spiro atoms. The molecule has 3 rings (SSSR count). The molecule has 1 saturated heterocycles. The van der Waals surface area contributed by atoms with E-state index in [-0.39, 0.29) is 11.7 Å². The minimum atomic E-state index is -0.931. The predicted molar refractivity (Wildman–Crippen MR) is 73.9 cm³/mol. The number of carboxylic acids is 1. The molecule has 1 aromatic carbocycles. The summed E-state index contributed by atoms with van der Waals surface area (Å²) in [7, 11) is 2.06. The standard InChI is InChI=1S/C14H17N3O3/c1-16-5-6-20-10(7-16)8-17-9-15-12-4-2-3-11(13(12)17)14(18)19/h2-4,9-10H,5-8H2,1H3,(H,18,19). The van der Waals surface area contributed by atoms with Crippen LogP contribution >= 0.6 is 0 Å². The van der Waals surface area contributed by atoms with Crippen molar-refractivity contribution in [2.75, 3.05) is 26.7 Å². The van der Waals surface area contributed by atoms with Crippen molar-refractivity contribution in [3.63, 3.8) is 0 Å². The van der Waals surface area contributed by atoms with Crippen LogP contribution < -0.4 is 0 Å². The molecule has 106 valence electrons. The van der Waals surface area contributed by atoms with Crippen LogP contribution in [-0.4, -0.2) is 58.4 Å². The highest BCUT2D eigenvalue weighted by Crippen LogP contribution is 2.19. The van der Waals surface area contributed by atoms with E-state index in [2.05, 4.69) is 16.9 Å². The molecule has 1 atom stereocenters. The van der Waals surface area contributed by atoms with E-state index in [0.29, 0.717) is 24.2 Å². The first-order chi connectivity index (χ1) is 9.65. The topological polar surface area (TPSA) is 67.6 Å². The second kappa shape index (κ2) is 5.22. The summed E-state index contributed by atoms with van der Waals surface area (Å²) in [5.41, 5.74) is 1.65. The van der Waals surface area contributed by atoms with E-state index in [1.54, 1.807) is 18.5 Å². The zero-order valence-electron chi connectivity index (χ0n) is 11.3. The molecule has 1 aliphatic heterocycles. The fraction of sp³-hybridized carbons (Fsp3) is 0.429. The first-order valence-corrected chi connectivity index (χ1v) is 6.62. The molecule has 0 bridgehead atoms. The lowest BCUT2D eigenvalue weighted by Crippen LogP contribution is -2.41. The highest BCUT2D eigenvalue weighted by molar-refractivity contribution is 6.01. The Kier molecular flexibility index (Phi) is 3.42. The molecule has 1 fully saturated rings. The van der Waals surface area contributed by atoms with Crippen LogP contribution in [0.15, 0.2) is 24.5 Å². The molecule has 6 nitrogen and oxygen atoms in total. The molecule has 0 amide bonds. The number of aromatic nitrogens is 2. The van der Waals surface area contributed by atoms with Crippen LogP contribution in [0.25, 0.3) is 11.0 Å². The van der Waals surface area contributed by atoms with Gasteiger partial charge in [0.2, 0.25) is 0 Å². The quantitative estimate of drug-likeness (QED) is 0.907. The van der Waals surface area contributed by atoms with Crippen LogP contribution in [0.3, 0.4) is 0 Å². The van der Waals surface area contributed by atoms with E-state index in [0.717, 1.165) is 13.1 Å². The monoisotopic (exact) mass is 275 g/mol. The SMILES string of the molecule is CN1CCOC(Cn2cnc3cccc(C(=O)O)c32)C1. The number of imidazole rings is 1. The van der Waals surface area contributed by atoms with Gasteiger partial charge in [0.15, 0.2) is 0 Å². The van der Waals surface area contributed by atoms with Gasteiger partial charge in [-0.15, -0.1) is 0 Å². The number of aromatic carboxylic acids is 1. The molecule has 1 N–H and O–H groups in total. The number of hydrogen-bond acceptors (Lipinski definition) is 4. The van der Waals surface area contributed by atoms with Gasteiger partial charge in [0.05, 0.1) is 42.2 Å². The van der Waals surface area contributed by atoms with Gasteiger partial charge in [0.25, 0.3) is 0 Å². The van der Waals surface area contributed by atoms with Gasteiger partial charge >= 0.3 is 5.97 Å². The summed E-state index contributed by atoms with van der Waals surface area (Å²) >= 11 is 0. The van der Waals surface area contributed by atoms with Crippen molar-refractivity contribution in [2.45, 2.75) is 12.6 Å². The van der Waals surface area contributed by atoms with Crippen LogP contribution in [0, 0.1) is 0 Å². The Morgan fingerprint density at radius 1 is 1.55 bits per heavy atom. The highest BCUT2D eigenvalue weighted by atomic mass is 16.5. The molecular weight excluding hydrogens is 258 g/mol. The molecule has 0 radical (unpaired) electrons. The molecule has 6 heteroatoms. The third kappa shape index (κ3) is 2.39. The lowest BCUT2D eigenvalue weighted by Gasteiger charge is -2.30. The van der Waals surface area contributed by atoms with E-state index in [4.69, 9.17) is 4.74 Å². The van der Waals surface area contributed by atoms with Crippen molar-refractivity contribution in [3.05, 3.63) is 30.1 Å². The average Bonchev–Trinajstić information content (AvgIpc) is 2.82. The van der Waals surface area contributed by atoms with E-state index in [9.17, 15) is 9.90 Å². The zero-order valence-corrected chi connectivity index (χ0v) is 11.3. The molecule has 20 heavy (non-hydrogen) atoms. The van der Waals surface area contributed by atoms with Gasteiger partial charge in [-0.25, -0.2) is 9.78 Å². The molecule has 1 aliphatic rings. The molecule has 2 heterocycles. The Hall–Kier alpha value is -1.92. The largest absolute Gasteiger partial charge is 0.478 e. The normalized spacial score (nSPS) is 20.4. The molecule has 0 saturated carbocycles. The van der Waals surface area contributed by atoms with Gasteiger partial charge in [-0.05, 0) is 19.2 Å². The Morgan fingerprint density at radius 2 is 2.40 bits per heavy atom. The van der Waals surface area contributed by atoms with Gasteiger partial charge in [0, 0.05) is 13.1 Å². The van der Waals surface area contributed by atoms with Crippen LogP contribution in [0.1, 0.15) is 10.4 Å². The molecule has 1 aromatic heterocycles. The number of hydrogen-bond donors (Lipinski definition) is 1. The van der Waals surface area contributed by atoms with E-state index in [1.165, 1.54) is 0 Å². The summed E-state index contributed by atoms with van der Waals surface area (Å²) in [6.07, 6.45) is 1.75. The third-order valence-corrected chi connectivity index (χ3v) is 3.61. The summed E-state index contributed by atoms with van der Waals surface area (Å²) in [5.74, 6) is -0.931. The van der Waals surface area contributed by atoms with Crippen LogP contribution in [-0.2, 0) is 11.3 Å². The van der Waals surface area contributed by atoms with E-state index < -0.39 is 5.97 Å². The second-order valence-corrected chi connectivity index (χ2v) is 5.13. The number of benzene rings is 1. The molecule has 2 aromatic rings. The Balaban J connectivity index is 1.93. The van der Waals surface area contributed by atoms with Crippen molar-refractivity contribution in [3.8, 4) is 0 Å². The first kappa shape index (κ1) is 13.1. The first-order valence-electron chi connectivity index (χ1n) is 6.62. The van der Waals surface area contributed by atoms with Gasteiger partial charge in [-0.1, -0.05) is 6.07 Å². The summed E-state index contributed by atoms with van der Waals surface area (Å²) in [5, 5.41) is 9.29. The zero-order chi connectivity index (χ0) is 14.1. The van der Waals surface area contributed by atoms with E-state index in [1.807, 2.05) is 10.6 Å². The minimum Gasteiger partial charge on any atom is -0.478 e. The summed E-state index contributed by atoms with van der Waals surface area (Å²) in [6.45, 7) is 3.10. The Labute approximate surface area is 116 Å². The number of likely N-dealkylation sites (N-methyl/N-ethyl adjacent to an activating group) is 1. The fourth-order valence-electron chi connectivity index (χ4n) is 2.63. The van der Waals surface area contributed by atoms with Crippen LogP contribution in [0.5, 0.6) is 0 Å². The van der Waals surface area contributed by atoms with Crippen LogP contribution in [0.4, 0.5) is 0 Å².